The first kappa shape index (κ1) is 22.0. The van der Waals surface area contributed by atoms with E-state index in [-0.39, 0.29) is 53.2 Å². The van der Waals surface area contributed by atoms with Crippen molar-refractivity contribution in [2.75, 3.05) is 0 Å². The molecule has 0 saturated carbocycles. The first-order valence-electron chi connectivity index (χ1n) is 14.1. The minimum absolute atomic E-state index is 0. The molecule has 0 nitrogen and oxygen atoms in total. The van der Waals surface area contributed by atoms with Crippen LogP contribution in [-0.2, 0) is 26.9 Å². The predicted molar refractivity (Wildman–Crippen MR) is 164 cm³/mol. The van der Waals surface area contributed by atoms with E-state index in [0.717, 1.165) is 8.11 Å². The van der Waals surface area contributed by atoms with Gasteiger partial charge in [-0.3, -0.25) is 0 Å². The van der Waals surface area contributed by atoms with Crippen molar-refractivity contribution in [2.45, 2.75) is 46.6 Å². The first-order chi connectivity index (χ1) is 18.1. The normalized spacial score (nSPS) is 59.8. The van der Waals surface area contributed by atoms with E-state index in [4.69, 9.17) is 0 Å². The van der Waals surface area contributed by atoms with Crippen molar-refractivity contribution < 1.29 is 26.9 Å². The zero-order valence-electron chi connectivity index (χ0n) is 21.1. The Hall–Kier alpha value is -0.598. The number of hydrogen-bond donors (Lipinski definition) is 0. The number of halogens is 1. The van der Waals surface area contributed by atoms with Crippen molar-refractivity contribution in [3.05, 3.63) is 121 Å². The molecule has 200 valence electrons. The minimum atomic E-state index is -3.82. The summed E-state index contributed by atoms with van der Waals surface area (Å²) in [5.41, 5.74) is 0. The Balaban J connectivity index is 0.000000962. The van der Waals surface area contributed by atoms with Crippen LogP contribution in [0.2, 0.25) is 38.5 Å². The maximum atomic E-state index is 2.54. The summed E-state index contributed by atoms with van der Waals surface area (Å²) in [5.74, 6) is 0. The SMILES string of the molecule is Br.[Pd].c1ccc(P(c2ccccc2)[C]23[CH]4[CH]5[CH]6[CH]2[Fe]56432789[CH]3[CH]2[CH]7[C]8(P(c2ccccc2)c2ccccc2)[CH]39)cc1. The van der Waals surface area contributed by atoms with Crippen molar-refractivity contribution in [3.63, 3.8) is 0 Å². The second-order valence-electron chi connectivity index (χ2n) is 15.7. The zero-order chi connectivity index (χ0) is 23.5. The Morgan fingerprint density at radius 3 is 0.846 bits per heavy atom. The predicted octanol–water partition coefficient (Wildman–Crippen LogP) is 8.03. The molecule has 0 radical (unpaired) electrons. The molecule has 39 heavy (non-hydrogen) atoms. The summed E-state index contributed by atoms with van der Waals surface area (Å²) in [7, 11) is -0.505. The molecule has 10 saturated heterocycles. The van der Waals surface area contributed by atoms with Crippen LogP contribution in [0.3, 0.4) is 0 Å². The van der Waals surface area contributed by atoms with E-state index in [0.29, 0.717) is 0 Å². The third kappa shape index (κ3) is 0.575. The molecule has 8 unspecified atom stereocenters. The average molecular weight is 742 g/mol. The maximum absolute atomic E-state index is 3.82. The van der Waals surface area contributed by atoms with Crippen LogP contribution in [-0.4, -0.2) is 8.11 Å². The van der Waals surface area contributed by atoms with E-state index in [1.165, 1.54) is 38.5 Å². The van der Waals surface area contributed by atoms with E-state index in [1.54, 1.807) is 21.2 Å². The van der Waals surface area contributed by atoms with Crippen LogP contribution in [0.4, 0.5) is 0 Å². The molecule has 14 rings (SSSR count). The molecule has 4 aromatic rings. The van der Waals surface area contributed by atoms with E-state index in [9.17, 15) is 0 Å². The summed E-state index contributed by atoms with van der Waals surface area (Å²) in [6.45, 7) is -3.82. The van der Waals surface area contributed by atoms with Gasteiger partial charge in [-0.25, -0.2) is 0 Å². The fourth-order valence-electron chi connectivity index (χ4n) is 20.9. The quantitative estimate of drug-likeness (QED) is 0.139. The van der Waals surface area contributed by atoms with E-state index in [2.05, 4.69) is 121 Å². The second-order valence-corrected chi connectivity index (χ2v) is 44.6. The Morgan fingerprint density at radius 1 is 0.410 bits per heavy atom. The molecule has 1 spiro atoms. The standard InChI is InChI=1S/2C17H14P.BrH.Fe.Pd/c2*1-3-9-15(10-4-1)18(17-13-7-8-14-17)16-11-5-2-6-12-16;;;/h2*1-14H;1H;;. The molecule has 10 aliphatic heterocycles. The van der Waals surface area contributed by atoms with Crippen molar-refractivity contribution >= 4 is 54.0 Å². The molecule has 10 heterocycles. The zero-order valence-corrected chi connectivity index (χ0v) is 27.3. The molecule has 0 bridgehead atoms. The van der Waals surface area contributed by atoms with Crippen LogP contribution in [0.25, 0.3) is 0 Å². The van der Waals surface area contributed by atoms with Crippen LogP contribution in [0, 0.1) is 0 Å². The van der Waals surface area contributed by atoms with E-state index < -0.39 is 6.51 Å². The molecule has 0 amide bonds. The van der Waals surface area contributed by atoms with Gasteiger partial charge in [0.2, 0.25) is 0 Å². The van der Waals surface area contributed by atoms with Crippen LogP contribution >= 0.6 is 32.8 Å². The number of hydrogen-bond acceptors (Lipinski definition) is 0. The van der Waals surface area contributed by atoms with Gasteiger partial charge >= 0.3 is 212 Å². The molecule has 8 atom stereocenters. The summed E-state index contributed by atoms with van der Waals surface area (Å²) in [5, 5.41) is 6.87. The van der Waals surface area contributed by atoms with Crippen LogP contribution < -0.4 is 21.2 Å². The topological polar surface area (TPSA) is 0 Å². The molecular weight excluding hydrogens is 712 g/mol. The molecule has 4 aromatic carbocycles. The molecule has 0 aromatic heterocycles. The van der Waals surface area contributed by atoms with Gasteiger partial charge in [0.25, 0.3) is 0 Å². The van der Waals surface area contributed by atoms with Gasteiger partial charge in [-0.05, 0) is 0 Å². The Labute approximate surface area is 247 Å². The molecule has 0 aliphatic carbocycles. The van der Waals surface area contributed by atoms with Crippen molar-refractivity contribution in [2.24, 2.45) is 0 Å². The number of rotatable bonds is 6. The number of benzene rings is 4. The third-order valence-electron chi connectivity index (χ3n) is 19.4. The van der Waals surface area contributed by atoms with Gasteiger partial charge in [-0.1, -0.05) is 0 Å². The monoisotopic (exact) mass is 740 g/mol. The fourth-order valence-corrected chi connectivity index (χ4v) is 126. The van der Waals surface area contributed by atoms with Gasteiger partial charge in [0.05, 0.1) is 0 Å². The van der Waals surface area contributed by atoms with E-state index >= 15 is 0 Å². The van der Waals surface area contributed by atoms with Gasteiger partial charge in [0.1, 0.15) is 0 Å². The van der Waals surface area contributed by atoms with Crippen LogP contribution in [0.1, 0.15) is 0 Å². The second kappa shape index (κ2) is 3.54. The van der Waals surface area contributed by atoms with Gasteiger partial charge < -0.3 is 0 Å². The summed E-state index contributed by atoms with van der Waals surface area (Å²) >= 11 is 0. The van der Waals surface area contributed by atoms with E-state index in [1.807, 2.05) is 0 Å². The summed E-state index contributed by atoms with van der Waals surface area (Å²) in [6.07, 6.45) is 0. The van der Waals surface area contributed by atoms with Crippen molar-refractivity contribution in [1.82, 2.24) is 0 Å². The fraction of sp³-hybridized carbons (Fsp3) is 0.294. The summed E-state index contributed by atoms with van der Waals surface area (Å²) in [6, 6.07) is 48.0. The molecule has 0 N–H and O–H groups in total. The van der Waals surface area contributed by atoms with Crippen molar-refractivity contribution in [3.8, 4) is 0 Å². The van der Waals surface area contributed by atoms with Gasteiger partial charge in [-0.2, -0.15) is 0 Å². The molecule has 10 aliphatic rings. The van der Waals surface area contributed by atoms with Crippen molar-refractivity contribution in [1.29, 1.82) is 0 Å². The molecule has 5 heteroatoms. The van der Waals surface area contributed by atoms with Crippen LogP contribution in [0.15, 0.2) is 121 Å². The Kier molecular flexibility index (Phi) is 2.00. The van der Waals surface area contributed by atoms with Crippen LogP contribution in [0.5, 0.6) is 0 Å². The van der Waals surface area contributed by atoms with Gasteiger partial charge in [0.15, 0.2) is 0 Å². The van der Waals surface area contributed by atoms with Gasteiger partial charge in [0, 0.05) is 20.4 Å². The molecule has 10 fully saturated rings. The molecular formula is C34H29BrFeP2Pd. The third-order valence-corrected chi connectivity index (χ3v) is 76.1. The Bertz CT molecular complexity index is 1920. The average Bonchev–Trinajstić information content (AvgIpc) is 3.92. The summed E-state index contributed by atoms with van der Waals surface area (Å²) < 4.78 is 1.60. The first-order valence-corrected chi connectivity index (χ1v) is 23.0. The van der Waals surface area contributed by atoms with Gasteiger partial charge in [-0.15, -0.1) is 17.0 Å². The summed E-state index contributed by atoms with van der Waals surface area (Å²) in [4.78, 5) is 10.1. The number of fused-ring (bicyclic) bond motifs is 10. The Morgan fingerprint density at radius 2 is 0.641 bits per heavy atom.